The topological polar surface area (TPSA) is 13.6 Å². The van der Waals surface area contributed by atoms with E-state index >= 15 is 0 Å². The van der Waals surface area contributed by atoms with Gasteiger partial charge >= 0.3 is 40.6 Å². The van der Waals surface area contributed by atoms with Gasteiger partial charge in [-0.25, -0.2) is 0 Å². The molecule has 0 aliphatic heterocycles. The Kier molecular flexibility index (Phi) is 3.38. The van der Waals surface area contributed by atoms with Gasteiger partial charge in [0.15, 0.2) is 0 Å². The van der Waals surface area contributed by atoms with Crippen LogP contribution in [0.3, 0.4) is 0 Å². The van der Waals surface area contributed by atoms with Crippen molar-refractivity contribution < 1.29 is 2.79 Å². The maximum absolute atomic E-state index is 5.90. The van der Waals surface area contributed by atoms with E-state index in [0.717, 1.165) is 0 Å². The van der Waals surface area contributed by atoms with E-state index in [0.29, 0.717) is 26.2 Å². The van der Waals surface area contributed by atoms with Crippen molar-refractivity contribution >= 4 is 26.2 Å². The van der Waals surface area contributed by atoms with Crippen molar-refractivity contribution in [3.8, 4) is 0 Å². The SMILES string of the molecule is [C-]#[N+][O][Tl]. The summed E-state index contributed by atoms with van der Waals surface area (Å²) in [7, 11) is 0. The van der Waals surface area contributed by atoms with Gasteiger partial charge in [-0.15, -0.1) is 0 Å². The summed E-state index contributed by atoms with van der Waals surface area (Å²) in [5, 5.41) is 2.56. The molecule has 18 valence electrons. The molecule has 0 rings (SSSR count). The van der Waals surface area contributed by atoms with E-state index in [-0.39, 0.29) is 0 Å². The van der Waals surface area contributed by atoms with E-state index in [1.807, 2.05) is 0 Å². The molecule has 0 radical (unpaired) electrons. The molecule has 0 fully saturated rings. The van der Waals surface area contributed by atoms with Crippen molar-refractivity contribution in [2.45, 2.75) is 0 Å². The second-order valence-corrected chi connectivity index (χ2v) is 1.02. The molecular weight excluding hydrogens is 246 g/mol. The van der Waals surface area contributed by atoms with Gasteiger partial charge in [0.2, 0.25) is 0 Å². The standard InChI is InChI=1S/CNO.Tl/c1-2-3;/q-1;+1. The van der Waals surface area contributed by atoms with Crippen molar-refractivity contribution in [3.05, 3.63) is 11.6 Å². The van der Waals surface area contributed by atoms with Crippen LogP contribution in [0.1, 0.15) is 0 Å². The molecule has 4 heavy (non-hydrogen) atoms. The fraction of sp³-hybridized carbons (Fsp3) is 0. The number of hydrogen-bond donors (Lipinski definition) is 0. The van der Waals surface area contributed by atoms with Crippen LogP contribution in [0, 0.1) is 6.57 Å². The van der Waals surface area contributed by atoms with Crippen molar-refractivity contribution in [3.63, 3.8) is 0 Å². The molecule has 0 amide bonds. The molecular formula is CNOTl. The van der Waals surface area contributed by atoms with Crippen LogP contribution in [0.4, 0.5) is 0 Å². The van der Waals surface area contributed by atoms with Crippen LogP contribution in [0.2, 0.25) is 0 Å². The predicted molar refractivity (Wildman–Crippen MR) is 13.4 cm³/mol. The van der Waals surface area contributed by atoms with Gasteiger partial charge in [-0.3, -0.25) is 0 Å². The second-order valence-electron chi connectivity index (χ2n) is 0.197. The molecule has 0 heterocycles. The third kappa shape index (κ3) is 2.21. The van der Waals surface area contributed by atoms with Crippen LogP contribution in [0.25, 0.3) is 5.01 Å². The van der Waals surface area contributed by atoms with Gasteiger partial charge in [0.05, 0.1) is 0 Å². The first-order valence-corrected chi connectivity index (χ1v) is 2.47. The molecule has 0 aliphatic carbocycles. The van der Waals surface area contributed by atoms with Gasteiger partial charge in [0.1, 0.15) is 0 Å². The van der Waals surface area contributed by atoms with Crippen molar-refractivity contribution in [1.29, 1.82) is 0 Å². The van der Waals surface area contributed by atoms with Crippen molar-refractivity contribution in [2.24, 2.45) is 0 Å². The summed E-state index contributed by atoms with van der Waals surface area (Å²) in [4.78, 5) is 0. The van der Waals surface area contributed by atoms with Crippen LogP contribution in [-0.2, 0) is 2.79 Å². The zero-order valence-corrected chi connectivity index (χ0v) is 6.42. The van der Waals surface area contributed by atoms with Crippen molar-refractivity contribution in [1.82, 2.24) is 0 Å². The summed E-state index contributed by atoms with van der Waals surface area (Å²) in [6, 6.07) is 0. The quantitative estimate of drug-likeness (QED) is 0.331. The zero-order valence-electron chi connectivity index (χ0n) is 1.93. The van der Waals surface area contributed by atoms with Gasteiger partial charge in [-0.05, 0) is 0 Å². The molecule has 0 N–H and O–H groups in total. The molecule has 0 saturated heterocycles. The summed E-state index contributed by atoms with van der Waals surface area (Å²) in [5.41, 5.74) is 0. The molecule has 0 atom stereocenters. The summed E-state index contributed by atoms with van der Waals surface area (Å²) in [6.45, 7) is 5.90. The molecule has 3 heteroatoms. The van der Waals surface area contributed by atoms with E-state index in [4.69, 9.17) is 6.57 Å². The predicted octanol–water partition coefficient (Wildman–Crippen LogP) is -0.0792. The molecule has 0 unspecified atom stereocenters. The van der Waals surface area contributed by atoms with Crippen LogP contribution in [0.15, 0.2) is 0 Å². The summed E-state index contributed by atoms with van der Waals surface area (Å²) >= 11 is 0.377. The minimum atomic E-state index is 0.377. The Labute approximate surface area is 40.9 Å². The number of hydrogen-bond acceptors (Lipinski definition) is 1. The van der Waals surface area contributed by atoms with E-state index in [1.54, 1.807) is 0 Å². The van der Waals surface area contributed by atoms with E-state index in [1.165, 1.54) is 0 Å². The summed E-state index contributed by atoms with van der Waals surface area (Å²) < 4.78 is 4.00. The summed E-state index contributed by atoms with van der Waals surface area (Å²) in [6.07, 6.45) is 0. The third-order valence-electron chi connectivity index (χ3n) is 0.0527. The van der Waals surface area contributed by atoms with Crippen LogP contribution in [-0.4, -0.2) is 26.2 Å². The molecule has 0 aliphatic rings. The molecule has 0 bridgehead atoms. The minimum absolute atomic E-state index is 0.377. The first-order valence-electron chi connectivity index (χ1n) is 0.642. The Morgan fingerprint density at radius 1 is 2.00 bits per heavy atom. The molecule has 0 aromatic carbocycles. The Morgan fingerprint density at radius 2 is 2.25 bits per heavy atom. The molecule has 0 saturated carbocycles. The zero-order chi connectivity index (χ0) is 3.41. The second kappa shape index (κ2) is 3.21. The van der Waals surface area contributed by atoms with Crippen LogP contribution >= 0.6 is 0 Å². The summed E-state index contributed by atoms with van der Waals surface area (Å²) in [5.74, 6) is 0. The average molecular weight is 246 g/mol. The average Bonchev–Trinajstić information content (AvgIpc) is 1.37. The van der Waals surface area contributed by atoms with Gasteiger partial charge in [-0.1, -0.05) is 0 Å². The Hall–Kier alpha value is 0.212. The van der Waals surface area contributed by atoms with Crippen molar-refractivity contribution in [2.75, 3.05) is 0 Å². The molecule has 0 spiro atoms. The fourth-order valence-corrected chi connectivity index (χ4v) is 0. The van der Waals surface area contributed by atoms with Gasteiger partial charge in [0, 0.05) is 0 Å². The first kappa shape index (κ1) is 4.21. The van der Waals surface area contributed by atoms with Gasteiger partial charge < -0.3 is 0 Å². The van der Waals surface area contributed by atoms with Crippen LogP contribution in [0.5, 0.6) is 0 Å². The first-order chi connectivity index (χ1) is 1.91. The maximum atomic E-state index is 5.90. The van der Waals surface area contributed by atoms with Crippen LogP contribution < -0.4 is 0 Å². The van der Waals surface area contributed by atoms with E-state index < -0.39 is 0 Å². The normalized spacial score (nSPS) is 3.50. The molecule has 0 aromatic heterocycles. The van der Waals surface area contributed by atoms with Gasteiger partial charge in [-0.2, -0.15) is 0 Å². The Morgan fingerprint density at radius 3 is 2.25 bits per heavy atom. The number of rotatable bonds is 0. The van der Waals surface area contributed by atoms with Gasteiger partial charge in [0.25, 0.3) is 0 Å². The fourth-order valence-electron chi connectivity index (χ4n) is 0. The molecule has 0 aromatic rings. The monoisotopic (exact) mass is 247 g/mol. The number of nitrogens with zero attached hydrogens (tertiary/aromatic N) is 1. The van der Waals surface area contributed by atoms with E-state index in [2.05, 4.69) is 7.80 Å². The Bertz CT molecular complexity index is 37.8. The molecule has 2 nitrogen and oxygen atoms in total. The Balaban J connectivity index is 2.43. The van der Waals surface area contributed by atoms with E-state index in [9.17, 15) is 0 Å². The third-order valence-corrected chi connectivity index (χ3v) is 0.462.